The van der Waals surface area contributed by atoms with Crippen LogP contribution in [-0.4, -0.2) is 6.54 Å². The normalized spacial score (nSPS) is 23.1. The Morgan fingerprint density at radius 3 is 3.00 bits per heavy atom. The lowest BCUT2D eigenvalue weighted by Crippen LogP contribution is -2.84. The maximum atomic E-state index is 2.52. The maximum absolute atomic E-state index is 2.52. The summed E-state index contributed by atoms with van der Waals surface area (Å²) < 4.78 is 0. The van der Waals surface area contributed by atoms with Gasteiger partial charge in [0.15, 0.2) is 0 Å². The molecule has 0 radical (unpaired) electrons. The molecule has 1 heterocycles. The Morgan fingerprint density at radius 2 is 2.14 bits per heavy atom. The van der Waals surface area contributed by atoms with Gasteiger partial charge in [-0.3, -0.25) is 0 Å². The number of hydrogen-bond donors (Lipinski definition) is 1. The summed E-state index contributed by atoms with van der Waals surface area (Å²) in [6, 6.07) is 9.70. The van der Waals surface area contributed by atoms with Crippen LogP contribution >= 0.6 is 0 Å². The van der Waals surface area contributed by atoms with Gasteiger partial charge in [-0.15, -0.1) is 0 Å². The van der Waals surface area contributed by atoms with E-state index in [0.717, 1.165) is 6.04 Å². The van der Waals surface area contributed by atoms with E-state index >= 15 is 0 Å². The Balaban J connectivity index is 2.12. The molecule has 1 heteroatoms. The fraction of sp³-hybridized carbons (Fsp3) is 0.538. The first-order valence-corrected chi connectivity index (χ1v) is 5.76. The molecule has 1 aromatic carbocycles. The molecule has 0 bridgehead atoms. The van der Waals surface area contributed by atoms with Crippen LogP contribution in [0.5, 0.6) is 0 Å². The summed E-state index contributed by atoms with van der Waals surface area (Å²) in [4.78, 5) is 0. The van der Waals surface area contributed by atoms with Gasteiger partial charge < -0.3 is 5.32 Å². The van der Waals surface area contributed by atoms with Crippen LogP contribution in [0.3, 0.4) is 0 Å². The Labute approximate surface area is 86.5 Å². The Kier molecular flexibility index (Phi) is 3.20. The van der Waals surface area contributed by atoms with Crippen molar-refractivity contribution < 1.29 is 5.32 Å². The highest BCUT2D eigenvalue weighted by Gasteiger charge is 2.16. The minimum Gasteiger partial charge on any atom is -0.340 e. The van der Waals surface area contributed by atoms with Gasteiger partial charge in [0.2, 0.25) is 0 Å². The second-order valence-electron chi connectivity index (χ2n) is 4.39. The summed E-state index contributed by atoms with van der Waals surface area (Å²) >= 11 is 0. The van der Waals surface area contributed by atoms with Crippen LogP contribution in [0, 0.1) is 6.92 Å². The van der Waals surface area contributed by atoms with Crippen molar-refractivity contribution in [3.05, 3.63) is 35.4 Å². The van der Waals surface area contributed by atoms with Gasteiger partial charge in [-0.1, -0.05) is 29.8 Å². The van der Waals surface area contributed by atoms with Crippen molar-refractivity contribution >= 4 is 0 Å². The van der Waals surface area contributed by atoms with Crippen molar-refractivity contribution in [3.63, 3.8) is 0 Å². The first kappa shape index (κ1) is 9.72. The van der Waals surface area contributed by atoms with E-state index in [2.05, 4.69) is 36.5 Å². The number of quaternary nitrogens is 1. The van der Waals surface area contributed by atoms with E-state index in [1.807, 2.05) is 0 Å². The Hall–Kier alpha value is -0.820. The lowest BCUT2D eigenvalue weighted by atomic mass is 10.0. The molecule has 1 aromatic rings. The van der Waals surface area contributed by atoms with E-state index in [1.54, 1.807) is 0 Å². The standard InChI is InChI=1S/C13H19N/c1-11-6-5-7-12(10-11)13-8-3-2-4-9-14-13/h5-7,10,13-14H,2-4,8-9H2,1H3/p+1/t13-/m1/s1. The molecule has 0 aromatic heterocycles. The smallest absolute Gasteiger partial charge is 0.112 e. The molecule has 0 aliphatic carbocycles. The number of hydrogen-bond acceptors (Lipinski definition) is 0. The summed E-state index contributed by atoms with van der Waals surface area (Å²) in [5.41, 5.74) is 2.91. The molecule has 0 unspecified atom stereocenters. The minimum absolute atomic E-state index is 0.720. The molecule has 1 nitrogen and oxygen atoms in total. The highest BCUT2D eigenvalue weighted by atomic mass is 14.9. The molecular formula is C13H20N+. The van der Waals surface area contributed by atoms with Crippen LogP contribution in [0.4, 0.5) is 0 Å². The predicted molar refractivity (Wildman–Crippen MR) is 59.2 cm³/mol. The minimum atomic E-state index is 0.720. The first-order valence-electron chi connectivity index (χ1n) is 5.76. The number of rotatable bonds is 1. The summed E-state index contributed by atoms with van der Waals surface area (Å²) in [6.45, 7) is 3.48. The zero-order valence-corrected chi connectivity index (χ0v) is 9.00. The Morgan fingerprint density at radius 1 is 1.21 bits per heavy atom. The lowest BCUT2D eigenvalue weighted by molar-refractivity contribution is -0.694. The molecule has 14 heavy (non-hydrogen) atoms. The average Bonchev–Trinajstić information content (AvgIpc) is 2.45. The van der Waals surface area contributed by atoms with Gasteiger partial charge in [-0.2, -0.15) is 0 Å². The van der Waals surface area contributed by atoms with Gasteiger partial charge in [0.05, 0.1) is 6.54 Å². The molecule has 0 amide bonds. The third-order valence-electron chi connectivity index (χ3n) is 3.14. The third-order valence-corrected chi connectivity index (χ3v) is 3.14. The monoisotopic (exact) mass is 190 g/mol. The molecule has 1 atom stereocenters. The van der Waals surface area contributed by atoms with Crippen LogP contribution in [0.2, 0.25) is 0 Å². The third kappa shape index (κ3) is 2.36. The van der Waals surface area contributed by atoms with Gasteiger partial charge in [0, 0.05) is 12.0 Å². The molecule has 1 aliphatic heterocycles. The van der Waals surface area contributed by atoms with Crippen molar-refractivity contribution in [2.45, 2.75) is 38.6 Å². The zero-order valence-electron chi connectivity index (χ0n) is 9.00. The summed E-state index contributed by atoms with van der Waals surface area (Å²) in [6.07, 6.45) is 5.56. The number of benzene rings is 1. The molecule has 76 valence electrons. The molecule has 2 rings (SSSR count). The maximum Gasteiger partial charge on any atom is 0.112 e. The van der Waals surface area contributed by atoms with Crippen molar-refractivity contribution in [1.82, 2.24) is 0 Å². The molecule has 0 saturated carbocycles. The predicted octanol–water partition coefficient (Wildman–Crippen LogP) is 2.17. The van der Waals surface area contributed by atoms with E-state index in [4.69, 9.17) is 0 Å². The average molecular weight is 190 g/mol. The van der Waals surface area contributed by atoms with Gasteiger partial charge in [0.1, 0.15) is 6.04 Å². The zero-order chi connectivity index (χ0) is 9.80. The highest BCUT2D eigenvalue weighted by molar-refractivity contribution is 5.23. The molecule has 1 fully saturated rings. The van der Waals surface area contributed by atoms with E-state index in [1.165, 1.54) is 43.4 Å². The van der Waals surface area contributed by atoms with Crippen LogP contribution in [0.1, 0.15) is 42.9 Å². The van der Waals surface area contributed by atoms with Gasteiger partial charge in [-0.25, -0.2) is 0 Å². The summed E-state index contributed by atoms with van der Waals surface area (Å²) in [5.74, 6) is 0. The van der Waals surface area contributed by atoms with E-state index in [9.17, 15) is 0 Å². The Bertz CT molecular complexity index is 285. The second kappa shape index (κ2) is 4.61. The number of nitrogens with two attached hydrogens (primary N) is 1. The first-order chi connectivity index (χ1) is 6.86. The fourth-order valence-corrected chi connectivity index (χ4v) is 2.33. The topological polar surface area (TPSA) is 16.6 Å². The van der Waals surface area contributed by atoms with E-state index in [-0.39, 0.29) is 0 Å². The van der Waals surface area contributed by atoms with Crippen LogP contribution in [-0.2, 0) is 0 Å². The molecule has 2 N–H and O–H groups in total. The lowest BCUT2D eigenvalue weighted by Gasteiger charge is -2.13. The van der Waals surface area contributed by atoms with Crippen LogP contribution in [0.25, 0.3) is 0 Å². The highest BCUT2D eigenvalue weighted by Crippen LogP contribution is 2.18. The van der Waals surface area contributed by atoms with Gasteiger partial charge in [0.25, 0.3) is 0 Å². The second-order valence-corrected chi connectivity index (χ2v) is 4.39. The molecule has 1 saturated heterocycles. The van der Waals surface area contributed by atoms with Crippen molar-refractivity contribution in [2.24, 2.45) is 0 Å². The summed E-state index contributed by atoms with van der Waals surface area (Å²) in [5, 5.41) is 2.52. The molecular weight excluding hydrogens is 170 g/mol. The van der Waals surface area contributed by atoms with Crippen molar-refractivity contribution in [3.8, 4) is 0 Å². The van der Waals surface area contributed by atoms with E-state index in [0.29, 0.717) is 0 Å². The summed E-state index contributed by atoms with van der Waals surface area (Å²) in [7, 11) is 0. The van der Waals surface area contributed by atoms with E-state index < -0.39 is 0 Å². The van der Waals surface area contributed by atoms with Crippen LogP contribution < -0.4 is 5.32 Å². The molecule has 1 aliphatic rings. The van der Waals surface area contributed by atoms with Crippen molar-refractivity contribution in [1.29, 1.82) is 0 Å². The largest absolute Gasteiger partial charge is 0.340 e. The van der Waals surface area contributed by atoms with Gasteiger partial charge >= 0.3 is 0 Å². The fourth-order valence-electron chi connectivity index (χ4n) is 2.33. The SMILES string of the molecule is Cc1cccc([C@H]2CCCCC[NH2+]2)c1. The van der Waals surface area contributed by atoms with Crippen LogP contribution in [0.15, 0.2) is 24.3 Å². The molecule has 0 spiro atoms. The number of aryl methyl sites for hydroxylation is 1. The van der Waals surface area contributed by atoms with Crippen molar-refractivity contribution in [2.75, 3.05) is 6.54 Å². The van der Waals surface area contributed by atoms with Gasteiger partial charge in [-0.05, 0) is 26.2 Å². The quantitative estimate of drug-likeness (QED) is 0.699.